The number of hydrogen-bond donors (Lipinski definition) is 3. The van der Waals surface area contributed by atoms with Crippen LogP contribution >= 0.6 is 0 Å². The van der Waals surface area contributed by atoms with E-state index >= 15 is 0 Å². The van der Waals surface area contributed by atoms with Crippen molar-refractivity contribution in [2.45, 2.75) is 18.7 Å². The molecule has 30 heavy (non-hydrogen) atoms. The molecule has 1 heterocycles. The van der Waals surface area contributed by atoms with Crippen molar-refractivity contribution in [3.05, 3.63) is 83.6 Å². The second-order valence-corrected chi connectivity index (χ2v) is 8.82. The molecule has 0 bridgehead atoms. The molecule has 1 amide bonds. The second-order valence-electron chi connectivity index (χ2n) is 7.17. The van der Waals surface area contributed by atoms with Gasteiger partial charge in [0.25, 0.3) is 15.9 Å². The van der Waals surface area contributed by atoms with E-state index in [-0.39, 0.29) is 4.90 Å². The first kappa shape index (κ1) is 19.7. The van der Waals surface area contributed by atoms with Crippen LogP contribution in [-0.4, -0.2) is 19.3 Å². The van der Waals surface area contributed by atoms with Gasteiger partial charge >= 0.3 is 0 Å². The lowest BCUT2D eigenvalue weighted by Crippen LogP contribution is -2.14. The number of anilines is 1. The van der Waals surface area contributed by atoms with Crippen molar-refractivity contribution >= 4 is 32.5 Å². The van der Waals surface area contributed by atoms with Gasteiger partial charge in [0.05, 0.1) is 4.90 Å². The highest BCUT2D eigenvalue weighted by Crippen LogP contribution is 2.33. The van der Waals surface area contributed by atoms with Crippen LogP contribution in [-0.2, 0) is 10.0 Å². The summed E-state index contributed by atoms with van der Waals surface area (Å²) in [7, 11) is -3.72. The minimum absolute atomic E-state index is 0.249. The number of H-pyrrole nitrogens is 1. The number of carbonyl (C=O) groups is 1. The Morgan fingerprint density at radius 1 is 0.933 bits per heavy atom. The molecular formula is C23H21N3O3S. The molecule has 4 N–H and O–H groups in total. The van der Waals surface area contributed by atoms with Gasteiger partial charge < -0.3 is 10.7 Å². The summed E-state index contributed by atoms with van der Waals surface area (Å²) in [6, 6.07) is 19.6. The van der Waals surface area contributed by atoms with Crippen molar-refractivity contribution in [2.24, 2.45) is 5.73 Å². The Labute approximate surface area is 174 Å². The van der Waals surface area contributed by atoms with Crippen LogP contribution in [0, 0.1) is 13.8 Å². The van der Waals surface area contributed by atoms with Gasteiger partial charge in [-0.05, 0) is 54.8 Å². The normalized spacial score (nSPS) is 11.5. The molecule has 0 aliphatic rings. The molecule has 0 saturated heterocycles. The number of amides is 1. The molecule has 0 spiro atoms. The van der Waals surface area contributed by atoms with Gasteiger partial charge in [-0.25, -0.2) is 8.42 Å². The van der Waals surface area contributed by atoms with Crippen molar-refractivity contribution in [3.8, 4) is 11.1 Å². The van der Waals surface area contributed by atoms with Crippen LogP contribution < -0.4 is 10.5 Å². The Hall–Kier alpha value is -3.58. The topological polar surface area (TPSA) is 105 Å². The Morgan fingerprint density at radius 3 is 2.33 bits per heavy atom. The molecule has 0 fully saturated rings. The van der Waals surface area contributed by atoms with Crippen LogP contribution in [0.5, 0.6) is 0 Å². The first-order valence-corrected chi connectivity index (χ1v) is 10.9. The van der Waals surface area contributed by atoms with Gasteiger partial charge in [-0.1, -0.05) is 42.5 Å². The summed E-state index contributed by atoms with van der Waals surface area (Å²) in [5.74, 6) is -0.555. The van der Waals surface area contributed by atoms with Crippen molar-refractivity contribution < 1.29 is 13.2 Å². The molecule has 0 aliphatic heterocycles. The summed E-state index contributed by atoms with van der Waals surface area (Å²) in [6.07, 6.45) is 0. The zero-order valence-corrected chi connectivity index (χ0v) is 17.4. The lowest BCUT2D eigenvalue weighted by atomic mass is 10.0. The molecule has 3 aromatic carbocycles. The SMILES string of the molecule is Cc1cccc(S(=O)(=O)Nc2ccc(-c3c(C(N)=O)[nH]c4ccccc34)cc2)c1C. The average Bonchev–Trinajstić information content (AvgIpc) is 3.10. The highest BCUT2D eigenvalue weighted by Gasteiger charge is 2.19. The largest absolute Gasteiger partial charge is 0.364 e. The number of primary amides is 1. The number of rotatable bonds is 5. The van der Waals surface area contributed by atoms with E-state index in [4.69, 9.17) is 5.73 Å². The summed E-state index contributed by atoms with van der Waals surface area (Å²) in [5.41, 5.74) is 10.2. The average molecular weight is 420 g/mol. The van der Waals surface area contributed by atoms with Gasteiger partial charge in [0.1, 0.15) is 5.69 Å². The lowest BCUT2D eigenvalue weighted by Gasteiger charge is -2.12. The molecule has 0 unspecified atom stereocenters. The van der Waals surface area contributed by atoms with Crippen LogP contribution in [0.25, 0.3) is 22.0 Å². The molecule has 152 valence electrons. The number of aromatic amines is 1. The Bertz CT molecular complexity index is 1370. The predicted molar refractivity (Wildman–Crippen MR) is 119 cm³/mol. The maximum Gasteiger partial charge on any atom is 0.265 e. The first-order chi connectivity index (χ1) is 14.3. The van der Waals surface area contributed by atoms with Gasteiger partial charge in [0.2, 0.25) is 0 Å². The fourth-order valence-corrected chi connectivity index (χ4v) is 4.94. The van der Waals surface area contributed by atoms with Crippen molar-refractivity contribution in [1.29, 1.82) is 0 Å². The number of aryl methyl sites for hydroxylation is 1. The van der Waals surface area contributed by atoms with E-state index in [1.54, 1.807) is 43.3 Å². The number of aromatic nitrogens is 1. The summed E-state index contributed by atoms with van der Waals surface area (Å²) in [5, 5.41) is 0.870. The van der Waals surface area contributed by atoms with Crippen LogP contribution in [0.2, 0.25) is 0 Å². The highest BCUT2D eigenvalue weighted by atomic mass is 32.2. The summed E-state index contributed by atoms with van der Waals surface area (Å²) in [4.78, 5) is 15.2. The quantitative estimate of drug-likeness (QED) is 0.448. The maximum absolute atomic E-state index is 12.8. The number of carbonyl (C=O) groups excluding carboxylic acids is 1. The van der Waals surface area contributed by atoms with Gasteiger partial charge in [-0.15, -0.1) is 0 Å². The second kappa shape index (κ2) is 7.35. The minimum Gasteiger partial charge on any atom is -0.364 e. The van der Waals surface area contributed by atoms with Gasteiger partial charge in [0, 0.05) is 22.2 Å². The number of sulfonamides is 1. The van der Waals surface area contributed by atoms with E-state index in [0.717, 1.165) is 22.0 Å². The monoisotopic (exact) mass is 419 g/mol. The number of para-hydroxylation sites is 1. The van der Waals surface area contributed by atoms with Gasteiger partial charge in [0.15, 0.2) is 0 Å². The van der Waals surface area contributed by atoms with E-state index in [9.17, 15) is 13.2 Å². The number of nitrogens with two attached hydrogens (primary N) is 1. The van der Waals surface area contributed by atoms with E-state index < -0.39 is 15.9 Å². The molecule has 7 heteroatoms. The van der Waals surface area contributed by atoms with Crippen LogP contribution in [0.15, 0.2) is 71.6 Å². The Morgan fingerprint density at radius 2 is 1.63 bits per heavy atom. The molecule has 6 nitrogen and oxygen atoms in total. The van der Waals surface area contributed by atoms with Crippen molar-refractivity contribution in [1.82, 2.24) is 4.98 Å². The fraction of sp³-hybridized carbons (Fsp3) is 0.0870. The van der Waals surface area contributed by atoms with E-state index in [2.05, 4.69) is 9.71 Å². The van der Waals surface area contributed by atoms with E-state index in [1.807, 2.05) is 37.3 Å². The highest BCUT2D eigenvalue weighted by molar-refractivity contribution is 7.92. The van der Waals surface area contributed by atoms with Crippen molar-refractivity contribution in [3.63, 3.8) is 0 Å². The minimum atomic E-state index is -3.72. The number of hydrogen-bond acceptors (Lipinski definition) is 3. The van der Waals surface area contributed by atoms with Crippen LogP contribution in [0.3, 0.4) is 0 Å². The maximum atomic E-state index is 12.8. The summed E-state index contributed by atoms with van der Waals surface area (Å²) < 4.78 is 28.3. The number of nitrogens with one attached hydrogen (secondary N) is 2. The molecule has 4 aromatic rings. The zero-order valence-electron chi connectivity index (χ0n) is 16.6. The molecule has 0 aliphatic carbocycles. The third kappa shape index (κ3) is 3.44. The standard InChI is InChI=1S/C23H21N3O3S/c1-14-6-5-9-20(15(14)2)30(28,29)26-17-12-10-16(11-13-17)21-18-7-3-4-8-19(18)25-22(21)23(24)27/h3-13,25-26H,1-2H3,(H2,24,27). The smallest absolute Gasteiger partial charge is 0.265 e. The first-order valence-electron chi connectivity index (χ1n) is 9.38. The van der Waals surface area contributed by atoms with Gasteiger partial charge in [-0.2, -0.15) is 0 Å². The van der Waals surface area contributed by atoms with Crippen LogP contribution in [0.4, 0.5) is 5.69 Å². The molecule has 1 aromatic heterocycles. The third-order valence-electron chi connectivity index (χ3n) is 5.22. The predicted octanol–water partition coefficient (Wildman–Crippen LogP) is 4.35. The molecule has 0 atom stereocenters. The number of fused-ring (bicyclic) bond motifs is 1. The third-order valence-corrected chi connectivity index (χ3v) is 6.75. The summed E-state index contributed by atoms with van der Waals surface area (Å²) in [6.45, 7) is 3.66. The lowest BCUT2D eigenvalue weighted by molar-refractivity contribution is 0.0997. The van der Waals surface area contributed by atoms with Crippen LogP contribution in [0.1, 0.15) is 21.6 Å². The summed E-state index contributed by atoms with van der Waals surface area (Å²) >= 11 is 0. The zero-order chi connectivity index (χ0) is 21.5. The van der Waals surface area contributed by atoms with Crippen molar-refractivity contribution in [2.75, 3.05) is 4.72 Å². The number of benzene rings is 3. The molecule has 0 saturated carbocycles. The van der Waals surface area contributed by atoms with E-state index in [1.165, 1.54) is 0 Å². The Balaban J connectivity index is 1.71. The Kier molecular flexibility index (Phi) is 4.83. The molecule has 4 rings (SSSR count). The van der Waals surface area contributed by atoms with Gasteiger partial charge in [-0.3, -0.25) is 9.52 Å². The molecule has 0 radical (unpaired) electrons. The fourth-order valence-electron chi connectivity index (χ4n) is 3.56. The molecular weight excluding hydrogens is 398 g/mol. The van der Waals surface area contributed by atoms with E-state index in [0.29, 0.717) is 22.5 Å².